The summed E-state index contributed by atoms with van der Waals surface area (Å²) in [5.74, 6) is 0.235. The van der Waals surface area contributed by atoms with Crippen LogP contribution in [0.25, 0.3) is 0 Å². The van der Waals surface area contributed by atoms with Crippen molar-refractivity contribution in [1.29, 1.82) is 0 Å². The molecule has 0 bridgehead atoms. The zero-order valence-corrected chi connectivity index (χ0v) is 17.9. The van der Waals surface area contributed by atoms with Crippen molar-refractivity contribution < 1.29 is 13.2 Å². The number of carbonyl (C=O) groups excluding carboxylic acids is 1. The van der Waals surface area contributed by atoms with Crippen LogP contribution in [0.5, 0.6) is 0 Å². The zero-order chi connectivity index (χ0) is 19.7. The van der Waals surface area contributed by atoms with Crippen LogP contribution in [0, 0.1) is 12.8 Å². The minimum atomic E-state index is -3.53. The second kappa shape index (κ2) is 7.70. The third-order valence-corrected chi connectivity index (χ3v) is 11.6. The minimum absolute atomic E-state index is 0.0346. The first-order valence-electron chi connectivity index (χ1n) is 9.36. The summed E-state index contributed by atoms with van der Waals surface area (Å²) in [7, 11) is -5.29. The topological polar surface area (TPSA) is 63.2 Å². The number of hydrogen-bond donors (Lipinski definition) is 1. The minimum Gasteiger partial charge on any atom is -0.299 e. The molecule has 0 aliphatic heterocycles. The number of ketones is 1. The van der Waals surface area contributed by atoms with Gasteiger partial charge in [-0.1, -0.05) is 66.3 Å². The summed E-state index contributed by atoms with van der Waals surface area (Å²) in [6, 6.07) is 17.2. The van der Waals surface area contributed by atoms with Crippen molar-refractivity contribution in [3.8, 4) is 0 Å². The molecule has 0 unspecified atom stereocenters. The van der Waals surface area contributed by atoms with Crippen LogP contribution in [0.3, 0.4) is 0 Å². The van der Waals surface area contributed by atoms with E-state index in [4.69, 9.17) is 0 Å². The molecule has 3 rings (SSSR count). The van der Waals surface area contributed by atoms with E-state index < -0.39 is 18.1 Å². The summed E-state index contributed by atoms with van der Waals surface area (Å²) in [6.07, 6.45) is 1.20. The molecule has 0 radical (unpaired) electrons. The molecule has 2 aromatic carbocycles. The lowest BCUT2D eigenvalue weighted by molar-refractivity contribution is -0.129. The second-order valence-corrected chi connectivity index (χ2v) is 14.5. The lowest BCUT2D eigenvalue weighted by Gasteiger charge is -2.45. The molecule has 4 nitrogen and oxygen atoms in total. The lowest BCUT2D eigenvalue weighted by atomic mass is 9.80. The highest BCUT2D eigenvalue weighted by atomic mass is 32.2. The van der Waals surface area contributed by atoms with Crippen molar-refractivity contribution in [3.63, 3.8) is 0 Å². The van der Waals surface area contributed by atoms with Crippen molar-refractivity contribution in [1.82, 2.24) is 4.72 Å². The van der Waals surface area contributed by atoms with Crippen LogP contribution in [0.1, 0.15) is 18.4 Å². The zero-order valence-electron chi connectivity index (χ0n) is 16.1. The van der Waals surface area contributed by atoms with E-state index >= 15 is 0 Å². The maximum atomic E-state index is 12.4. The van der Waals surface area contributed by atoms with Gasteiger partial charge >= 0.3 is 0 Å². The average molecular weight is 402 g/mol. The monoisotopic (exact) mass is 401 g/mol. The molecule has 1 N–H and O–H groups in total. The third-order valence-electron chi connectivity index (χ3n) is 5.84. The molecule has 0 amide bonds. The van der Waals surface area contributed by atoms with Crippen molar-refractivity contribution >= 4 is 29.1 Å². The average Bonchev–Trinajstić information content (AvgIpc) is 2.64. The molecular formula is C21H27NO3SSi. The van der Waals surface area contributed by atoms with Gasteiger partial charge in [0.05, 0.1) is 13.0 Å². The van der Waals surface area contributed by atoms with E-state index in [9.17, 15) is 13.2 Å². The summed E-state index contributed by atoms with van der Waals surface area (Å²) < 4.78 is 27.5. The smallest absolute Gasteiger partial charge is 0.240 e. The Morgan fingerprint density at radius 3 is 2.26 bits per heavy atom. The van der Waals surface area contributed by atoms with Gasteiger partial charge in [0.15, 0.2) is 0 Å². The number of Topliss-reactive ketones (excluding diaryl/α,β-unsaturated/α-hetero) is 1. The molecule has 0 aromatic heterocycles. The van der Waals surface area contributed by atoms with Crippen LogP contribution in [-0.2, 0) is 14.8 Å². The van der Waals surface area contributed by atoms with Gasteiger partial charge in [-0.05, 0) is 31.0 Å². The summed E-state index contributed by atoms with van der Waals surface area (Å²) in [6.45, 7) is 6.83. The molecule has 2 atom stereocenters. The summed E-state index contributed by atoms with van der Waals surface area (Å²) in [4.78, 5) is 12.5. The number of rotatable bonds is 7. The molecule has 144 valence electrons. The van der Waals surface area contributed by atoms with E-state index in [-0.39, 0.29) is 16.6 Å². The molecule has 1 aliphatic rings. The van der Waals surface area contributed by atoms with Gasteiger partial charge in [0, 0.05) is 18.9 Å². The van der Waals surface area contributed by atoms with Crippen LogP contribution in [0.2, 0.25) is 18.6 Å². The Morgan fingerprint density at radius 1 is 1.04 bits per heavy atom. The predicted molar refractivity (Wildman–Crippen MR) is 111 cm³/mol. The first kappa shape index (κ1) is 20.0. The Morgan fingerprint density at radius 2 is 1.67 bits per heavy atom. The van der Waals surface area contributed by atoms with Gasteiger partial charge in [-0.15, -0.1) is 0 Å². The van der Waals surface area contributed by atoms with E-state index in [1.54, 1.807) is 24.3 Å². The van der Waals surface area contributed by atoms with Crippen molar-refractivity contribution in [2.45, 2.75) is 43.3 Å². The van der Waals surface area contributed by atoms with Crippen molar-refractivity contribution in [2.75, 3.05) is 6.54 Å². The quantitative estimate of drug-likeness (QED) is 0.725. The van der Waals surface area contributed by atoms with Crippen LogP contribution >= 0.6 is 0 Å². The predicted octanol–water partition coefficient (Wildman–Crippen LogP) is 3.24. The first-order chi connectivity index (χ1) is 12.7. The van der Waals surface area contributed by atoms with Gasteiger partial charge in [0.25, 0.3) is 0 Å². The third kappa shape index (κ3) is 4.23. The Bertz CT molecular complexity index is 908. The summed E-state index contributed by atoms with van der Waals surface area (Å²) in [5.41, 5.74) is 1.39. The number of hydrogen-bond acceptors (Lipinski definition) is 3. The molecule has 2 aromatic rings. The number of benzene rings is 2. The SMILES string of the molecule is Cc1ccc(S(=O)(=O)NCC[C@H]2C(=O)C[C@H]2[Si](C)(C)c2ccccc2)cc1. The van der Waals surface area contributed by atoms with Crippen molar-refractivity contribution in [2.24, 2.45) is 5.92 Å². The Labute approximate surface area is 163 Å². The van der Waals surface area contributed by atoms with Crippen LogP contribution in [0.15, 0.2) is 59.5 Å². The van der Waals surface area contributed by atoms with E-state index in [2.05, 4.69) is 42.1 Å². The van der Waals surface area contributed by atoms with E-state index in [1.807, 2.05) is 13.0 Å². The fourth-order valence-electron chi connectivity index (χ4n) is 3.93. The second-order valence-electron chi connectivity index (χ2n) is 7.97. The first-order valence-corrected chi connectivity index (χ1v) is 13.9. The molecule has 1 saturated carbocycles. The molecule has 0 saturated heterocycles. The number of nitrogens with one attached hydrogen (secondary N) is 1. The molecule has 6 heteroatoms. The number of carbonyl (C=O) groups is 1. The molecule has 0 heterocycles. The molecule has 27 heavy (non-hydrogen) atoms. The Hall–Kier alpha value is -1.76. The molecule has 0 spiro atoms. The maximum Gasteiger partial charge on any atom is 0.240 e. The van der Waals surface area contributed by atoms with Gasteiger partial charge in [-0.2, -0.15) is 0 Å². The van der Waals surface area contributed by atoms with E-state index in [1.165, 1.54) is 5.19 Å². The molecule has 1 aliphatic carbocycles. The van der Waals surface area contributed by atoms with Gasteiger partial charge in [0.2, 0.25) is 10.0 Å². The Kier molecular flexibility index (Phi) is 5.70. The van der Waals surface area contributed by atoms with Gasteiger partial charge in [-0.25, -0.2) is 13.1 Å². The summed E-state index contributed by atoms with van der Waals surface area (Å²) in [5, 5.41) is 1.35. The van der Waals surface area contributed by atoms with E-state index in [0.29, 0.717) is 24.9 Å². The standard InChI is InChI=1S/C21H27NO3SSi/c1-16-9-11-17(12-10-16)26(24,25)22-14-13-19-20(23)15-21(19)27(2,3)18-7-5-4-6-8-18/h4-12,19,21-22H,13-15H2,1-3H3/t19-,21+/m0/s1. The van der Waals surface area contributed by atoms with Crippen LogP contribution in [0.4, 0.5) is 0 Å². The largest absolute Gasteiger partial charge is 0.299 e. The highest BCUT2D eigenvalue weighted by molar-refractivity contribution is 7.89. The van der Waals surface area contributed by atoms with Gasteiger partial charge in [-0.3, -0.25) is 4.79 Å². The Balaban J connectivity index is 1.63. The highest BCUT2D eigenvalue weighted by Gasteiger charge is 2.49. The van der Waals surface area contributed by atoms with Crippen LogP contribution in [-0.4, -0.2) is 28.8 Å². The van der Waals surface area contributed by atoms with Crippen molar-refractivity contribution in [3.05, 3.63) is 60.2 Å². The number of aryl methyl sites for hydroxylation is 1. The lowest BCUT2D eigenvalue weighted by Crippen LogP contribution is -2.55. The highest BCUT2D eigenvalue weighted by Crippen LogP contribution is 2.45. The number of sulfonamides is 1. The van der Waals surface area contributed by atoms with E-state index in [0.717, 1.165) is 5.56 Å². The normalized spacial score (nSPS) is 20.3. The fraction of sp³-hybridized carbons (Fsp3) is 0.381. The molecular weight excluding hydrogens is 374 g/mol. The van der Waals surface area contributed by atoms with Gasteiger partial charge < -0.3 is 0 Å². The van der Waals surface area contributed by atoms with Gasteiger partial charge in [0.1, 0.15) is 5.78 Å². The van der Waals surface area contributed by atoms with Crippen LogP contribution < -0.4 is 9.91 Å². The maximum absolute atomic E-state index is 12.4. The molecule has 1 fully saturated rings. The fourth-order valence-corrected chi connectivity index (χ4v) is 8.52. The summed E-state index contributed by atoms with van der Waals surface area (Å²) >= 11 is 0.